The van der Waals surface area contributed by atoms with E-state index in [1.165, 1.54) is 11.1 Å². The number of nitrogens with one attached hydrogen (secondary N) is 1. The second-order valence-electron chi connectivity index (χ2n) is 4.79. The average molecular weight is 296 g/mol. The first kappa shape index (κ1) is 13.9. The summed E-state index contributed by atoms with van der Waals surface area (Å²) in [7, 11) is 0. The molecule has 0 aliphatic rings. The summed E-state index contributed by atoms with van der Waals surface area (Å²) in [5, 5.41) is 1.99. The fourth-order valence-electron chi connectivity index (χ4n) is 2.18. The van der Waals surface area contributed by atoms with Crippen LogP contribution in [0.2, 0.25) is 0 Å². The second-order valence-corrected chi connectivity index (χ2v) is 5.76. The van der Waals surface area contributed by atoms with E-state index in [1.54, 1.807) is 11.8 Å². The number of nitrogen functional groups attached to an aromatic ring is 1. The number of aryl methyl sites for hydroxylation is 1. The topological polar surface area (TPSA) is 63.8 Å². The molecule has 0 saturated carbocycles. The molecule has 1 aromatic heterocycles. The van der Waals surface area contributed by atoms with Crippen LogP contribution in [0.15, 0.2) is 53.6 Å². The van der Waals surface area contributed by atoms with Crippen LogP contribution < -0.4 is 11.3 Å². The van der Waals surface area contributed by atoms with E-state index in [-0.39, 0.29) is 0 Å². The number of thioether (sulfide) groups is 1. The van der Waals surface area contributed by atoms with Crippen molar-refractivity contribution in [2.45, 2.75) is 17.7 Å². The molecule has 0 spiro atoms. The second kappa shape index (κ2) is 6.11. The molecule has 0 saturated heterocycles. The number of fused-ring (bicyclic) bond motifs is 1. The number of nitrogens with zero attached hydrogens (tertiary/aromatic N) is 2. The van der Waals surface area contributed by atoms with E-state index in [0.717, 1.165) is 21.7 Å². The number of hydrogen-bond donors (Lipinski definition) is 2. The van der Waals surface area contributed by atoms with Crippen LogP contribution in [0.1, 0.15) is 11.1 Å². The summed E-state index contributed by atoms with van der Waals surface area (Å²) in [5.41, 5.74) is 5.98. The molecule has 0 unspecified atom stereocenters. The number of hydrogen-bond acceptors (Lipinski definition) is 5. The summed E-state index contributed by atoms with van der Waals surface area (Å²) in [5.74, 6) is 6.77. The monoisotopic (exact) mass is 296 g/mol. The van der Waals surface area contributed by atoms with Crippen LogP contribution in [0.25, 0.3) is 10.9 Å². The average Bonchev–Trinajstić information content (AvgIpc) is 2.52. The first-order valence-corrected chi connectivity index (χ1v) is 7.66. The van der Waals surface area contributed by atoms with E-state index < -0.39 is 0 Å². The van der Waals surface area contributed by atoms with E-state index in [9.17, 15) is 0 Å². The van der Waals surface area contributed by atoms with Crippen LogP contribution in [-0.4, -0.2) is 9.97 Å². The van der Waals surface area contributed by atoms with Crippen molar-refractivity contribution in [3.05, 3.63) is 59.7 Å². The summed E-state index contributed by atoms with van der Waals surface area (Å²) in [6.07, 6.45) is 0. The Bertz CT molecular complexity index is 773. The van der Waals surface area contributed by atoms with E-state index >= 15 is 0 Å². The van der Waals surface area contributed by atoms with Gasteiger partial charge in [0.25, 0.3) is 0 Å². The zero-order valence-corrected chi connectivity index (χ0v) is 12.5. The van der Waals surface area contributed by atoms with Gasteiger partial charge in [0, 0.05) is 11.1 Å². The predicted octanol–water partition coefficient (Wildman–Crippen LogP) is 3.52. The Labute approximate surface area is 127 Å². The van der Waals surface area contributed by atoms with Crippen molar-refractivity contribution in [2.24, 2.45) is 5.84 Å². The molecule has 21 heavy (non-hydrogen) atoms. The molecule has 3 N–H and O–H groups in total. The van der Waals surface area contributed by atoms with Gasteiger partial charge in [0.2, 0.25) is 5.95 Å². The fourth-order valence-corrected chi connectivity index (χ4v) is 3.14. The maximum atomic E-state index is 5.45. The number of benzene rings is 2. The molecule has 2 aromatic carbocycles. The maximum Gasteiger partial charge on any atom is 0.238 e. The van der Waals surface area contributed by atoms with Gasteiger partial charge in [-0.1, -0.05) is 48.0 Å². The summed E-state index contributed by atoms with van der Waals surface area (Å²) < 4.78 is 0. The van der Waals surface area contributed by atoms with E-state index in [1.807, 2.05) is 24.3 Å². The van der Waals surface area contributed by atoms with E-state index in [0.29, 0.717) is 5.95 Å². The van der Waals surface area contributed by atoms with Gasteiger partial charge in [0.1, 0.15) is 5.03 Å². The van der Waals surface area contributed by atoms with Crippen LogP contribution in [-0.2, 0) is 5.75 Å². The summed E-state index contributed by atoms with van der Waals surface area (Å²) in [4.78, 5) is 8.84. The first-order valence-electron chi connectivity index (χ1n) is 6.68. The Morgan fingerprint density at radius 2 is 1.95 bits per heavy atom. The van der Waals surface area contributed by atoms with Gasteiger partial charge in [0.15, 0.2) is 0 Å². The zero-order valence-electron chi connectivity index (χ0n) is 11.7. The molecule has 0 radical (unpaired) electrons. The van der Waals surface area contributed by atoms with Crippen LogP contribution in [0.4, 0.5) is 5.95 Å². The summed E-state index contributed by atoms with van der Waals surface area (Å²) >= 11 is 1.69. The van der Waals surface area contributed by atoms with Crippen LogP contribution in [0.3, 0.4) is 0 Å². The third kappa shape index (κ3) is 3.15. The normalized spacial score (nSPS) is 10.8. The molecule has 4 nitrogen and oxygen atoms in total. The Hall–Kier alpha value is -2.11. The van der Waals surface area contributed by atoms with Crippen molar-refractivity contribution >= 4 is 28.6 Å². The van der Waals surface area contributed by atoms with Crippen molar-refractivity contribution in [1.82, 2.24) is 9.97 Å². The smallest absolute Gasteiger partial charge is 0.238 e. The van der Waals surface area contributed by atoms with Crippen molar-refractivity contribution in [1.29, 1.82) is 0 Å². The number of nitrogens with two attached hydrogens (primary N) is 1. The highest BCUT2D eigenvalue weighted by Gasteiger charge is 2.07. The van der Waals surface area contributed by atoms with Gasteiger partial charge in [0.05, 0.1) is 5.52 Å². The van der Waals surface area contributed by atoms with Gasteiger partial charge in [-0.3, -0.25) is 5.43 Å². The molecule has 106 valence electrons. The Morgan fingerprint density at radius 3 is 2.76 bits per heavy atom. The van der Waals surface area contributed by atoms with Gasteiger partial charge >= 0.3 is 0 Å². The predicted molar refractivity (Wildman–Crippen MR) is 88.1 cm³/mol. The lowest BCUT2D eigenvalue weighted by Crippen LogP contribution is -2.10. The number of aromatic nitrogens is 2. The third-order valence-corrected chi connectivity index (χ3v) is 4.22. The molecule has 5 heteroatoms. The minimum atomic E-state index is 0.445. The van der Waals surface area contributed by atoms with Crippen molar-refractivity contribution in [3.63, 3.8) is 0 Å². The largest absolute Gasteiger partial charge is 0.292 e. The fraction of sp³-hybridized carbons (Fsp3) is 0.125. The van der Waals surface area contributed by atoms with Crippen molar-refractivity contribution in [3.8, 4) is 0 Å². The van der Waals surface area contributed by atoms with Gasteiger partial charge in [-0.2, -0.15) is 0 Å². The molecule has 1 heterocycles. The van der Waals surface area contributed by atoms with Gasteiger partial charge in [-0.15, -0.1) is 11.8 Å². The highest BCUT2D eigenvalue weighted by molar-refractivity contribution is 7.98. The first-order chi connectivity index (χ1) is 10.3. The molecular weight excluding hydrogens is 280 g/mol. The lowest BCUT2D eigenvalue weighted by molar-refractivity contribution is 1.07. The molecule has 0 amide bonds. The highest BCUT2D eigenvalue weighted by Crippen LogP contribution is 2.29. The van der Waals surface area contributed by atoms with Crippen LogP contribution in [0, 0.1) is 6.92 Å². The molecule has 0 aliphatic heterocycles. The van der Waals surface area contributed by atoms with Crippen LogP contribution >= 0.6 is 11.8 Å². The van der Waals surface area contributed by atoms with Crippen LogP contribution in [0.5, 0.6) is 0 Å². The molecule has 3 rings (SSSR count). The Balaban J connectivity index is 1.92. The minimum Gasteiger partial charge on any atom is -0.292 e. The number of rotatable bonds is 4. The van der Waals surface area contributed by atoms with Crippen molar-refractivity contribution < 1.29 is 0 Å². The van der Waals surface area contributed by atoms with E-state index in [4.69, 9.17) is 5.84 Å². The van der Waals surface area contributed by atoms with E-state index in [2.05, 4.69) is 46.6 Å². The Morgan fingerprint density at radius 1 is 1.10 bits per heavy atom. The number of anilines is 1. The molecule has 0 aliphatic carbocycles. The molecular formula is C16H16N4S. The third-order valence-electron chi connectivity index (χ3n) is 3.16. The number of para-hydroxylation sites is 1. The molecule has 0 bridgehead atoms. The van der Waals surface area contributed by atoms with Crippen molar-refractivity contribution in [2.75, 3.05) is 5.43 Å². The Kier molecular flexibility index (Phi) is 4.03. The maximum absolute atomic E-state index is 5.45. The quantitative estimate of drug-likeness (QED) is 0.334. The molecule has 3 aromatic rings. The molecule has 0 atom stereocenters. The summed E-state index contributed by atoms with van der Waals surface area (Å²) in [6, 6.07) is 16.5. The lowest BCUT2D eigenvalue weighted by Gasteiger charge is -2.08. The summed E-state index contributed by atoms with van der Waals surface area (Å²) in [6.45, 7) is 2.10. The van der Waals surface area contributed by atoms with Gasteiger partial charge in [-0.25, -0.2) is 15.8 Å². The lowest BCUT2D eigenvalue weighted by atomic mass is 10.2. The molecule has 0 fully saturated rings. The minimum absolute atomic E-state index is 0.445. The van der Waals surface area contributed by atoms with Gasteiger partial charge in [-0.05, 0) is 18.6 Å². The zero-order chi connectivity index (χ0) is 14.7. The highest BCUT2D eigenvalue weighted by atomic mass is 32.2. The van der Waals surface area contributed by atoms with Gasteiger partial charge < -0.3 is 0 Å². The standard InChI is InChI=1S/C16H16N4S/c1-11-5-4-6-12(9-11)10-21-15-13-7-2-3-8-14(13)18-16(19-15)20-17/h2-9H,10,17H2,1H3,(H,18,19,20). The SMILES string of the molecule is Cc1cccc(CSc2nc(NN)nc3ccccc23)c1. The number of hydrazine groups is 1.